The lowest BCUT2D eigenvalue weighted by Crippen LogP contribution is -2.23. The van der Waals surface area contributed by atoms with Crippen molar-refractivity contribution >= 4 is 16.9 Å². The molecule has 0 radical (unpaired) electrons. The maximum absolute atomic E-state index is 12.3. The number of carbonyl (C=O) groups is 1. The Balaban J connectivity index is 1.58. The molecule has 1 aromatic heterocycles. The molecule has 0 aliphatic carbocycles. The number of hydrogen-bond acceptors (Lipinski definition) is 4. The number of aromatic amines is 1. The largest absolute Gasteiger partial charge is 0.348 e. The molecule has 0 saturated heterocycles. The average Bonchev–Trinajstić information content (AvgIpc) is 3.12. The Labute approximate surface area is 147 Å². The van der Waals surface area contributed by atoms with Gasteiger partial charge in [-0.1, -0.05) is 38.1 Å². The van der Waals surface area contributed by atoms with E-state index in [1.165, 1.54) is 5.56 Å². The molecule has 25 heavy (non-hydrogen) atoms. The molecule has 0 atom stereocenters. The third-order valence-corrected chi connectivity index (χ3v) is 4.36. The molecule has 3 rings (SSSR count). The number of nitrogens with zero attached hydrogens (tertiary/aromatic N) is 3. The van der Waals surface area contributed by atoms with Crippen molar-refractivity contribution in [2.45, 2.75) is 26.9 Å². The zero-order chi connectivity index (χ0) is 17.6. The Morgan fingerprint density at radius 1 is 1.00 bits per heavy atom. The van der Waals surface area contributed by atoms with Crippen molar-refractivity contribution in [2.75, 3.05) is 13.1 Å². The van der Waals surface area contributed by atoms with Crippen LogP contribution in [0.2, 0.25) is 0 Å². The number of carbonyl (C=O) groups excluding carboxylic acids is 1. The first-order valence-electron chi connectivity index (χ1n) is 8.58. The predicted octanol–water partition coefficient (Wildman–Crippen LogP) is 2.73. The van der Waals surface area contributed by atoms with Gasteiger partial charge in [0.05, 0.1) is 0 Å². The van der Waals surface area contributed by atoms with Gasteiger partial charge in [0.25, 0.3) is 5.91 Å². The van der Waals surface area contributed by atoms with Gasteiger partial charge in [-0.2, -0.15) is 15.4 Å². The summed E-state index contributed by atoms with van der Waals surface area (Å²) in [5.74, 6) is -0.114. The zero-order valence-electron chi connectivity index (χ0n) is 14.6. The van der Waals surface area contributed by atoms with E-state index in [4.69, 9.17) is 0 Å². The number of amides is 1. The molecule has 0 unspecified atom stereocenters. The molecule has 6 heteroatoms. The van der Waals surface area contributed by atoms with E-state index in [0.717, 1.165) is 30.7 Å². The number of fused-ring (bicyclic) bond motifs is 1. The molecule has 0 spiro atoms. The third kappa shape index (κ3) is 4.22. The summed E-state index contributed by atoms with van der Waals surface area (Å²) < 4.78 is 0. The summed E-state index contributed by atoms with van der Waals surface area (Å²) in [6, 6.07) is 13.7. The van der Waals surface area contributed by atoms with E-state index >= 15 is 0 Å². The minimum atomic E-state index is -0.114. The molecular weight excluding hydrogens is 314 g/mol. The summed E-state index contributed by atoms with van der Waals surface area (Å²) in [5.41, 5.74) is 4.39. The first-order chi connectivity index (χ1) is 12.2. The second-order valence-corrected chi connectivity index (χ2v) is 5.99. The molecule has 0 aliphatic heterocycles. The highest BCUT2D eigenvalue weighted by Crippen LogP contribution is 2.11. The van der Waals surface area contributed by atoms with Gasteiger partial charge in [0.2, 0.25) is 0 Å². The number of rotatable bonds is 7. The summed E-state index contributed by atoms with van der Waals surface area (Å²) in [4.78, 5) is 14.7. The molecule has 2 aromatic carbocycles. The molecule has 0 aliphatic rings. The Bertz CT molecular complexity index is 836. The van der Waals surface area contributed by atoms with Gasteiger partial charge in [0.1, 0.15) is 11.0 Å². The molecule has 0 fully saturated rings. The number of H-pyrrole nitrogens is 1. The van der Waals surface area contributed by atoms with Crippen LogP contribution in [0.1, 0.15) is 35.3 Å². The standard InChI is InChI=1S/C19H23N5O/c1-3-24(4-2)13-15-7-5-14(6-8-15)12-20-19(25)16-9-10-17-18(11-16)22-23-21-17/h5-11H,3-4,12-13H2,1-2H3,(H,20,25)(H,21,22,23). The first kappa shape index (κ1) is 17.1. The van der Waals surface area contributed by atoms with Crippen LogP contribution in [0.3, 0.4) is 0 Å². The normalized spacial score (nSPS) is 11.2. The van der Waals surface area contributed by atoms with Crippen LogP contribution in [-0.2, 0) is 13.1 Å². The van der Waals surface area contributed by atoms with Gasteiger partial charge >= 0.3 is 0 Å². The van der Waals surface area contributed by atoms with Gasteiger partial charge in [-0.25, -0.2) is 0 Å². The van der Waals surface area contributed by atoms with Crippen LogP contribution >= 0.6 is 0 Å². The summed E-state index contributed by atoms with van der Waals surface area (Å²) in [6.07, 6.45) is 0. The van der Waals surface area contributed by atoms with E-state index in [9.17, 15) is 4.79 Å². The number of hydrogen-bond donors (Lipinski definition) is 2. The average molecular weight is 337 g/mol. The van der Waals surface area contributed by atoms with Crippen molar-refractivity contribution in [3.63, 3.8) is 0 Å². The second-order valence-electron chi connectivity index (χ2n) is 5.99. The molecule has 3 aromatic rings. The topological polar surface area (TPSA) is 73.9 Å². The fourth-order valence-electron chi connectivity index (χ4n) is 2.73. The summed E-state index contributed by atoms with van der Waals surface area (Å²) in [7, 11) is 0. The Morgan fingerprint density at radius 2 is 1.68 bits per heavy atom. The van der Waals surface area contributed by atoms with Crippen LogP contribution in [-0.4, -0.2) is 39.3 Å². The third-order valence-electron chi connectivity index (χ3n) is 4.36. The fraction of sp³-hybridized carbons (Fsp3) is 0.316. The van der Waals surface area contributed by atoms with E-state index in [1.54, 1.807) is 18.2 Å². The van der Waals surface area contributed by atoms with Crippen molar-refractivity contribution in [3.05, 3.63) is 59.2 Å². The van der Waals surface area contributed by atoms with Crippen LogP contribution < -0.4 is 5.32 Å². The first-order valence-corrected chi connectivity index (χ1v) is 8.58. The van der Waals surface area contributed by atoms with Gasteiger partial charge in [-0.15, -0.1) is 0 Å². The smallest absolute Gasteiger partial charge is 0.251 e. The molecular formula is C19H23N5O. The maximum Gasteiger partial charge on any atom is 0.251 e. The quantitative estimate of drug-likeness (QED) is 0.695. The molecule has 1 heterocycles. The highest BCUT2D eigenvalue weighted by atomic mass is 16.1. The lowest BCUT2D eigenvalue weighted by Gasteiger charge is -2.18. The monoisotopic (exact) mass is 337 g/mol. The fourth-order valence-corrected chi connectivity index (χ4v) is 2.73. The Hall–Kier alpha value is -2.73. The van der Waals surface area contributed by atoms with E-state index in [0.29, 0.717) is 17.6 Å². The Morgan fingerprint density at radius 3 is 2.40 bits per heavy atom. The van der Waals surface area contributed by atoms with E-state index in [-0.39, 0.29) is 5.91 Å². The summed E-state index contributed by atoms with van der Waals surface area (Å²) in [5, 5.41) is 13.5. The molecule has 0 saturated carbocycles. The minimum absolute atomic E-state index is 0.114. The summed E-state index contributed by atoms with van der Waals surface area (Å²) in [6.45, 7) is 7.89. The van der Waals surface area contributed by atoms with E-state index in [2.05, 4.69) is 63.7 Å². The van der Waals surface area contributed by atoms with Crippen molar-refractivity contribution in [1.29, 1.82) is 0 Å². The SMILES string of the molecule is CCN(CC)Cc1ccc(CNC(=O)c2ccc3n[nH]nc3c2)cc1. The highest BCUT2D eigenvalue weighted by Gasteiger charge is 2.08. The lowest BCUT2D eigenvalue weighted by atomic mass is 10.1. The zero-order valence-corrected chi connectivity index (χ0v) is 14.6. The molecule has 1 amide bonds. The van der Waals surface area contributed by atoms with Crippen molar-refractivity contribution in [1.82, 2.24) is 25.6 Å². The highest BCUT2D eigenvalue weighted by molar-refractivity contribution is 5.97. The predicted molar refractivity (Wildman–Crippen MR) is 98.1 cm³/mol. The van der Waals surface area contributed by atoms with Crippen LogP contribution in [0.5, 0.6) is 0 Å². The van der Waals surface area contributed by atoms with Gasteiger partial charge in [-0.3, -0.25) is 9.69 Å². The number of aromatic nitrogens is 3. The van der Waals surface area contributed by atoms with Gasteiger partial charge in [0.15, 0.2) is 0 Å². The van der Waals surface area contributed by atoms with Gasteiger partial charge < -0.3 is 5.32 Å². The van der Waals surface area contributed by atoms with E-state index < -0.39 is 0 Å². The van der Waals surface area contributed by atoms with Crippen LogP contribution in [0.4, 0.5) is 0 Å². The number of benzene rings is 2. The molecule has 130 valence electrons. The van der Waals surface area contributed by atoms with Gasteiger partial charge in [0, 0.05) is 18.7 Å². The molecule has 6 nitrogen and oxygen atoms in total. The summed E-state index contributed by atoms with van der Waals surface area (Å²) >= 11 is 0. The second kappa shape index (κ2) is 7.90. The lowest BCUT2D eigenvalue weighted by molar-refractivity contribution is 0.0951. The van der Waals surface area contributed by atoms with Crippen molar-refractivity contribution < 1.29 is 4.79 Å². The van der Waals surface area contributed by atoms with Crippen LogP contribution in [0.15, 0.2) is 42.5 Å². The van der Waals surface area contributed by atoms with Crippen molar-refractivity contribution in [3.8, 4) is 0 Å². The maximum atomic E-state index is 12.3. The Kier molecular flexibility index (Phi) is 5.40. The van der Waals surface area contributed by atoms with Gasteiger partial charge in [-0.05, 0) is 42.4 Å². The number of nitrogens with one attached hydrogen (secondary N) is 2. The van der Waals surface area contributed by atoms with E-state index in [1.807, 2.05) is 0 Å². The van der Waals surface area contributed by atoms with Crippen LogP contribution in [0, 0.1) is 0 Å². The van der Waals surface area contributed by atoms with Crippen LogP contribution in [0.25, 0.3) is 11.0 Å². The molecule has 0 bridgehead atoms. The van der Waals surface area contributed by atoms with Crippen molar-refractivity contribution in [2.24, 2.45) is 0 Å². The molecule has 2 N–H and O–H groups in total. The minimum Gasteiger partial charge on any atom is -0.348 e.